The van der Waals surface area contributed by atoms with Gasteiger partial charge in [-0.2, -0.15) is 15.0 Å². The Bertz CT molecular complexity index is 369. The minimum Gasteiger partial charge on any atom is -0.467 e. The Morgan fingerprint density at radius 2 is 2.00 bits per heavy atom. The minimum absolute atomic E-state index is 0.249. The number of anilines is 2. The summed E-state index contributed by atoms with van der Waals surface area (Å²) in [5.41, 5.74) is -0.824. The van der Waals surface area contributed by atoms with E-state index < -0.39 is 5.60 Å². The summed E-state index contributed by atoms with van der Waals surface area (Å²) in [6.45, 7) is 6.57. The van der Waals surface area contributed by atoms with E-state index in [0.29, 0.717) is 25.0 Å². The zero-order valence-corrected chi connectivity index (χ0v) is 11.6. The highest BCUT2D eigenvalue weighted by Gasteiger charge is 2.20. The molecule has 0 unspecified atom stereocenters. The molecule has 0 saturated heterocycles. The quantitative estimate of drug-likeness (QED) is 0.766. The Morgan fingerprint density at radius 1 is 1.33 bits per heavy atom. The third kappa shape index (κ3) is 3.99. The summed E-state index contributed by atoms with van der Waals surface area (Å²) >= 11 is 0. The van der Waals surface area contributed by atoms with E-state index in [9.17, 15) is 5.11 Å². The van der Waals surface area contributed by atoms with Crippen LogP contribution in [0.1, 0.15) is 20.8 Å². The van der Waals surface area contributed by atoms with E-state index in [1.807, 2.05) is 11.8 Å². The maximum Gasteiger partial charge on any atom is 0.322 e. The van der Waals surface area contributed by atoms with Crippen LogP contribution in [0.5, 0.6) is 6.01 Å². The van der Waals surface area contributed by atoms with Crippen molar-refractivity contribution in [2.45, 2.75) is 26.4 Å². The number of likely N-dealkylation sites (N-methyl/N-ethyl adjacent to an activating group) is 1. The van der Waals surface area contributed by atoms with Crippen LogP contribution in [0.15, 0.2) is 0 Å². The molecule has 0 aliphatic rings. The van der Waals surface area contributed by atoms with Crippen molar-refractivity contribution in [3.8, 4) is 6.01 Å². The lowest BCUT2D eigenvalue weighted by molar-refractivity contribution is 0.0871. The molecule has 1 aromatic heterocycles. The molecule has 0 fully saturated rings. The monoisotopic (exact) mass is 255 g/mol. The molecule has 0 aliphatic heterocycles. The molecule has 0 radical (unpaired) electrons. The number of aromatic nitrogens is 3. The van der Waals surface area contributed by atoms with Gasteiger partial charge in [-0.1, -0.05) is 0 Å². The zero-order chi connectivity index (χ0) is 13.8. The standard InChI is InChI=1S/C11H21N5O2/c1-6-16(7-11(2,3)17)9-13-8(12-4)14-10(15-9)18-5/h17H,6-7H2,1-5H3,(H,12,13,14,15). The normalized spacial score (nSPS) is 11.2. The first-order valence-electron chi connectivity index (χ1n) is 5.84. The Balaban J connectivity index is 3.04. The molecule has 2 N–H and O–H groups in total. The van der Waals surface area contributed by atoms with Crippen molar-refractivity contribution >= 4 is 11.9 Å². The Morgan fingerprint density at radius 3 is 2.44 bits per heavy atom. The zero-order valence-electron chi connectivity index (χ0n) is 11.6. The molecule has 1 rings (SSSR count). The van der Waals surface area contributed by atoms with Gasteiger partial charge in [0, 0.05) is 20.1 Å². The fraction of sp³-hybridized carbons (Fsp3) is 0.727. The van der Waals surface area contributed by atoms with Crippen LogP contribution in [-0.2, 0) is 0 Å². The molecule has 1 heterocycles. The summed E-state index contributed by atoms with van der Waals surface area (Å²) in [5, 5.41) is 12.7. The maximum atomic E-state index is 9.87. The third-order valence-electron chi connectivity index (χ3n) is 2.25. The average molecular weight is 255 g/mol. The second-order valence-corrected chi connectivity index (χ2v) is 4.52. The smallest absolute Gasteiger partial charge is 0.322 e. The number of aliphatic hydroxyl groups is 1. The maximum absolute atomic E-state index is 9.87. The number of hydrogen-bond donors (Lipinski definition) is 2. The number of nitrogens with one attached hydrogen (secondary N) is 1. The SMILES string of the molecule is CCN(CC(C)(C)O)c1nc(NC)nc(OC)n1. The van der Waals surface area contributed by atoms with Gasteiger partial charge in [-0.15, -0.1) is 0 Å². The lowest BCUT2D eigenvalue weighted by Gasteiger charge is -2.28. The van der Waals surface area contributed by atoms with Crippen LogP contribution in [-0.4, -0.2) is 52.9 Å². The third-order valence-corrected chi connectivity index (χ3v) is 2.25. The van der Waals surface area contributed by atoms with E-state index in [0.717, 1.165) is 0 Å². The molecule has 7 nitrogen and oxygen atoms in total. The largest absolute Gasteiger partial charge is 0.467 e. The molecule has 0 aromatic carbocycles. The summed E-state index contributed by atoms with van der Waals surface area (Å²) in [6.07, 6.45) is 0. The van der Waals surface area contributed by atoms with Gasteiger partial charge in [0.05, 0.1) is 12.7 Å². The van der Waals surface area contributed by atoms with Crippen molar-refractivity contribution in [2.75, 3.05) is 37.5 Å². The average Bonchev–Trinajstić information content (AvgIpc) is 2.34. The number of methoxy groups -OCH3 is 1. The highest BCUT2D eigenvalue weighted by molar-refractivity contribution is 5.38. The van der Waals surface area contributed by atoms with Crippen molar-refractivity contribution in [1.82, 2.24) is 15.0 Å². The summed E-state index contributed by atoms with van der Waals surface area (Å²) in [6, 6.07) is 0.249. The first-order valence-corrected chi connectivity index (χ1v) is 5.84. The molecule has 0 atom stereocenters. The first-order chi connectivity index (χ1) is 8.39. The van der Waals surface area contributed by atoms with Crippen LogP contribution in [0.2, 0.25) is 0 Å². The number of rotatable bonds is 6. The van der Waals surface area contributed by atoms with Gasteiger partial charge >= 0.3 is 6.01 Å². The van der Waals surface area contributed by atoms with E-state index in [1.54, 1.807) is 20.9 Å². The van der Waals surface area contributed by atoms with Crippen LogP contribution in [0.25, 0.3) is 0 Å². The van der Waals surface area contributed by atoms with E-state index in [1.165, 1.54) is 7.11 Å². The summed E-state index contributed by atoms with van der Waals surface area (Å²) in [4.78, 5) is 14.3. The van der Waals surface area contributed by atoms with Crippen molar-refractivity contribution in [3.05, 3.63) is 0 Å². The molecule has 7 heteroatoms. The molecule has 102 valence electrons. The van der Waals surface area contributed by atoms with Crippen LogP contribution in [0.4, 0.5) is 11.9 Å². The molecule has 1 aromatic rings. The van der Waals surface area contributed by atoms with E-state index in [-0.39, 0.29) is 6.01 Å². The van der Waals surface area contributed by atoms with Crippen molar-refractivity contribution in [1.29, 1.82) is 0 Å². The van der Waals surface area contributed by atoms with Gasteiger partial charge in [-0.05, 0) is 20.8 Å². The minimum atomic E-state index is -0.824. The van der Waals surface area contributed by atoms with Gasteiger partial charge in [0.15, 0.2) is 0 Å². The second-order valence-electron chi connectivity index (χ2n) is 4.52. The summed E-state index contributed by atoms with van der Waals surface area (Å²) < 4.78 is 5.03. The van der Waals surface area contributed by atoms with Gasteiger partial charge < -0.3 is 20.1 Å². The van der Waals surface area contributed by atoms with Gasteiger partial charge in [0.25, 0.3) is 0 Å². The Labute approximate surface area is 107 Å². The van der Waals surface area contributed by atoms with Gasteiger partial charge in [-0.25, -0.2) is 0 Å². The molecular formula is C11H21N5O2. The molecule has 0 amide bonds. The fourth-order valence-corrected chi connectivity index (χ4v) is 1.48. The van der Waals surface area contributed by atoms with Crippen LogP contribution in [0, 0.1) is 0 Å². The van der Waals surface area contributed by atoms with Crippen molar-refractivity contribution < 1.29 is 9.84 Å². The van der Waals surface area contributed by atoms with Crippen molar-refractivity contribution in [2.24, 2.45) is 0 Å². The van der Waals surface area contributed by atoms with Crippen LogP contribution in [0.3, 0.4) is 0 Å². The topological polar surface area (TPSA) is 83.4 Å². The van der Waals surface area contributed by atoms with E-state index >= 15 is 0 Å². The van der Waals surface area contributed by atoms with Gasteiger partial charge in [0.2, 0.25) is 11.9 Å². The number of ether oxygens (including phenoxy) is 1. The Hall–Kier alpha value is -1.63. The molecular weight excluding hydrogens is 234 g/mol. The van der Waals surface area contributed by atoms with E-state index in [4.69, 9.17) is 4.74 Å². The van der Waals surface area contributed by atoms with Crippen LogP contribution >= 0.6 is 0 Å². The molecule has 0 spiro atoms. The molecule has 18 heavy (non-hydrogen) atoms. The molecule has 0 aliphatic carbocycles. The Kier molecular flexibility index (Phi) is 4.66. The summed E-state index contributed by atoms with van der Waals surface area (Å²) in [5.74, 6) is 0.918. The van der Waals surface area contributed by atoms with Gasteiger partial charge in [0.1, 0.15) is 0 Å². The predicted octanol–water partition coefficient (Wildman–Crippen LogP) is 0.519. The highest BCUT2D eigenvalue weighted by Crippen LogP contribution is 2.16. The molecule has 0 saturated carbocycles. The van der Waals surface area contributed by atoms with Crippen LogP contribution < -0.4 is 15.0 Å². The lowest BCUT2D eigenvalue weighted by Crippen LogP contribution is -2.39. The van der Waals surface area contributed by atoms with E-state index in [2.05, 4.69) is 20.3 Å². The first kappa shape index (κ1) is 14.4. The number of hydrogen-bond acceptors (Lipinski definition) is 7. The predicted molar refractivity (Wildman–Crippen MR) is 70.1 cm³/mol. The highest BCUT2D eigenvalue weighted by atomic mass is 16.5. The fourth-order valence-electron chi connectivity index (χ4n) is 1.48. The van der Waals surface area contributed by atoms with Gasteiger partial charge in [-0.3, -0.25) is 0 Å². The van der Waals surface area contributed by atoms with Crippen molar-refractivity contribution in [3.63, 3.8) is 0 Å². The summed E-state index contributed by atoms with van der Waals surface area (Å²) in [7, 11) is 3.23. The number of nitrogens with zero attached hydrogens (tertiary/aromatic N) is 4. The molecule has 0 bridgehead atoms. The second kappa shape index (κ2) is 5.81. The lowest BCUT2D eigenvalue weighted by atomic mass is 10.1.